The van der Waals surface area contributed by atoms with Crippen LogP contribution in [0.3, 0.4) is 0 Å². The van der Waals surface area contributed by atoms with Crippen molar-refractivity contribution in [2.45, 2.75) is 58.3 Å². The molecule has 0 spiro atoms. The summed E-state index contributed by atoms with van der Waals surface area (Å²) in [6, 6.07) is 4.26. The number of hydrogen-bond donors (Lipinski definition) is 1. The summed E-state index contributed by atoms with van der Waals surface area (Å²) in [5, 5.41) is 11.6. The second-order valence-corrected chi connectivity index (χ2v) is 12.6. The van der Waals surface area contributed by atoms with E-state index in [4.69, 9.17) is 9.73 Å². The molecule has 0 unspecified atom stereocenters. The zero-order valence-corrected chi connectivity index (χ0v) is 15.5. The van der Waals surface area contributed by atoms with E-state index in [0.29, 0.717) is 11.8 Å². The Morgan fingerprint density at radius 1 is 1.18 bits per heavy atom. The van der Waals surface area contributed by atoms with Crippen LogP contribution in [-0.4, -0.2) is 32.5 Å². The molecular weight excluding hydrogens is 290 g/mol. The maximum Gasteiger partial charge on any atom is 0.123 e. The third kappa shape index (κ3) is 4.13. The number of phenolic OH excluding ortho intramolecular Hbond substituents is 1. The van der Waals surface area contributed by atoms with Crippen LogP contribution in [0.5, 0.6) is 11.5 Å². The summed E-state index contributed by atoms with van der Waals surface area (Å²) in [5.41, 5.74) is 0.787. The van der Waals surface area contributed by atoms with E-state index in [1.54, 1.807) is 7.11 Å². The molecule has 0 heterocycles. The van der Waals surface area contributed by atoms with Gasteiger partial charge in [0.05, 0.1) is 15.2 Å². The summed E-state index contributed by atoms with van der Waals surface area (Å²) in [6.45, 7) is 8.99. The minimum atomic E-state index is -1.63. The highest BCUT2D eigenvalue weighted by atomic mass is 28.3. The van der Waals surface area contributed by atoms with Gasteiger partial charge in [0, 0.05) is 17.8 Å². The van der Waals surface area contributed by atoms with E-state index in [0.717, 1.165) is 35.3 Å². The molecule has 0 radical (unpaired) electrons. The Hall–Kier alpha value is -1.29. The molecule has 22 heavy (non-hydrogen) atoms. The number of aromatic hydroxyl groups is 1. The Labute approximate surface area is 135 Å². The number of nitrogens with zero attached hydrogens (tertiary/aromatic N) is 1. The van der Waals surface area contributed by atoms with Gasteiger partial charge in [-0.1, -0.05) is 26.6 Å². The monoisotopic (exact) mass is 319 g/mol. The molecule has 3 nitrogen and oxygen atoms in total. The van der Waals surface area contributed by atoms with Crippen molar-refractivity contribution in [1.29, 1.82) is 0 Å². The van der Waals surface area contributed by atoms with Crippen molar-refractivity contribution < 1.29 is 9.84 Å². The largest absolute Gasteiger partial charge is 0.507 e. The fourth-order valence-electron chi connectivity index (χ4n) is 2.99. The summed E-state index contributed by atoms with van der Waals surface area (Å²) in [6.07, 6.45) is 6.67. The summed E-state index contributed by atoms with van der Waals surface area (Å²) < 4.78 is 5.40. The predicted molar refractivity (Wildman–Crippen MR) is 96.7 cm³/mol. The first-order valence-electron chi connectivity index (χ1n) is 8.26. The molecule has 1 aromatic carbocycles. The molecule has 1 N–H and O–H groups in total. The first-order valence-corrected chi connectivity index (χ1v) is 11.8. The van der Waals surface area contributed by atoms with Crippen LogP contribution in [0, 0.1) is 5.92 Å². The normalized spacial score (nSPS) is 23.0. The lowest BCUT2D eigenvalue weighted by Crippen LogP contribution is -2.38. The van der Waals surface area contributed by atoms with Gasteiger partial charge in [-0.25, -0.2) is 0 Å². The number of benzene rings is 1. The minimum Gasteiger partial charge on any atom is -0.507 e. The number of rotatable bonds is 4. The van der Waals surface area contributed by atoms with E-state index in [1.165, 1.54) is 12.8 Å². The van der Waals surface area contributed by atoms with Crippen LogP contribution in [0.15, 0.2) is 17.1 Å². The van der Waals surface area contributed by atoms with Crippen molar-refractivity contribution in [1.82, 2.24) is 0 Å². The Kier molecular flexibility index (Phi) is 5.32. The molecule has 2 rings (SSSR count). The molecule has 1 aromatic rings. The number of phenols is 1. The summed E-state index contributed by atoms with van der Waals surface area (Å²) in [4.78, 5) is 4.72. The van der Waals surface area contributed by atoms with Gasteiger partial charge >= 0.3 is 0 Å². The van der Waals surface area contributed by atoms with Gasteiger partial charge in [-0.3, -0.25) is 4.99 Å². The molecule has 4 heteroatoms. The van der Waals surface area contributed by atoms with E-state index < -0.39 is 8.07 Å². The van der Waals surface area contributed by atoms with E-state index in [-0.39, 0.29) is 0 Å². The minimum absolute atomic E-state index is 0.382. The molecule has 122 valence electrons. The molecule has 0 atom stereocenters. The van der Waals surface area contributed by atoms with Gasteiger partial charge in [0.1, 0.15) is 11.5 Å². The number of aliphatic imine (C=N–C) groups is 1. The van der Waals surface area contributed by atoms with Crippen molar-refractivity contribution in [3.63, 3.8) is 0 Å². The molecule has 0 aromatic heterocycles. The highest BCUT2D eigenvalue weighted by molar-refractivity contribution is 6.89. The van der Waals surface area contributed by atoms with Crippen LogP contribution in [0.25, 0.3) is 0 Å². The van der Waals surface area contributed by atoms with E-state index in [1.807, 2.05) is 18.3 Å². The molecule has 1 saturated carbocycles. The lowest BCUT2D eigenvalue weighted by Gasteiger charge is -2.23. The topological polar surface area (TPSA) is 41.8 Å². The van der Waals surface area contributed by atoms with Gasteiger partial charge in [-0.05, 0) is 48.9 Å². The number of hydrogen-bond acceptors (Lipinski definition) is 3. The van der Waals surface area contributed by atoms with Crippen molar-refractivity contribution in [2.24, 2.45) is 10.9 Å². The fourth-order valence-corrected chi connectivity index (χ4v) is 4.42. The first kappa shape index (κ1) is 17.1. The van der Waals surface area contributed by atoms with E-state index >= 15 is 0 Å². The zero-order valence-electron chi connectivity index (χ0n) is 14.5. The van der Waals surface area contributed by atoms with Crippen LogP contribution in [0.2, 0.25) is 19.6 Å². The Morgan fingerprint density at radius 2 is 1.82 bits per heavy atom. The maximum absolute atomic E-state index is 10.6. The molecular formula is C18H29NO2Si. The zero-order chi connectivity index (χ0) is 16.3. The second-order valence-electron chi connectivity index (χ2n) is 7.55. The Bertz CT molecular complexity index is 541. The smallest absolute Gasteiger partial charge is 0.123 e. The van der Waals surface area contributed by atoms with Gasteiger partial charge in [-0.15, -0.1) is 0 Å². The van der Waals surface area contributed by atoms with Crippen LogP contribution >= 0.6 is 0 Å². The maximum atomic E-state index is 10.6. The standard InChI is InChI=1S/C18H29NO2Si/c1-13-6-8-15(9-7-13)19-12-14-10-16(21-2)11-17(18(14)20)22(3,4)5/h10-13,15,20H,6-9H2,1-5H3. The molecule has 0 bridgehead atoms. The van der Waals surface area contributed by atoms with Crippen LogP contribution in [0.1, 0.15) is 38.2 Å². The molecule has 1 aliphatic rings. The molecule has 0 aliphatic heterocycles. The summed E-state index contributed by atoms with van der Waals surface area (Å²) in [7, 11) is 0.0442. The average Bonchev–Trinajstić information content (AvgIpc) is 2.46. The molecule has 0 saturated heterocycles. The average molecular weight is 320 g/mol. The SMILES string of the molecule is COc1cc(C=NC2CCC(C)CC2)c(O)c([Si](C)(C)C)c1. The second kappa shape index (κ2) is 6.86. The number of methoxy groups -OCH3 is 1. The predicted octanol–water partition coefficient (Wildman–Crippen LogP) is 3.94. The van der Waals surface area contributed by atoms with Gasteiger partial charge in [0.15, 0.2) is 0 Å². The summed E-state index contributed by atoms with van der Waals surface area (Å²) >= 11 is 0. The molecule has 0 amide bonds. The fraction of sp³-hybridized carbons (Fsp3) is 0.611. The van der Waals surface area contributed by atoms with Crippen LogP contribution in [-0.2, 0) is 0 Å². The van der Waals surface area contributed by atoms with Crippen molar-refractivity contribution in [3.05, 3.63) is 17.7 Å². The van der Waals surface area contributed by atoms with Crippen molar-refractivity contribution in [2.75, 3.05) is 7.11 Å². The number of ether oxygens (including phenoxy) is 1. The third-order valence-corrected chi connectivity index (χ3v) is 6.56. The Morgan fingerprint density at radius 3 is 2.36 bits per heavy atom. The van der Waals surface area contributed by atoms with Crippen molar-refractivity contribution in [3.8, 4) is 11.5 Å². The van der Waals surface area contributed by atoms with Gasteiger partial charge in [0.2, 0.25) is 0 Å². The lowest BCUT2D eigenvalue weighted by atomic mass is 9.88. The third-order valence-electron chi connectivity index (χ3n) is 4.57. The summed E-state index contributed by atoms with van der Waals surface area (Å²) in [5.74, 6) is 2.01. The van der Waals surface area contributed by atoms with E-state index in [2.05, 4.69) is 26.6 Å². The van der Waals surface area contributed by atoms with Gasteiger partial charge in [-0.2, -0.15) is 0 Å². The van der Waals surface area contributed by atoms with Crippen LogP contribution < -0.4 is 9.92 Å². The highest BCUT2D eigenvalue weighted by Crippen LogP contribution is 2.27. The lowest BCUT2D eigenvalue weighted by molar-refractivity contribution is 0.350. The van der Waals surface area contributed by atoms with Crippen molar-refractivity contribution >= 4 is 19.5 Å². The quantitative estimate of drug-likeness (QED) is 0.674. The van der Waals surface area contributed by atoms with Gasteiger partial charge in [0.25, 0.3) is 0 Å². The van der Waals surface area contributed by atoms with Crippen LogP contribution in [0.4, 0.5) is 0 Å². The first-order chi connectivity index (χ1) is 10.3. The Balaban J connectivity index is 2.26. The highest BCUT2D eigenvalue weighted by Gasteiger charge is 2.23. The van der Waals surface area contributed by atoms with E-state index in [9.17, 15) is 5.11 Å². The molecule has 1 aliphatic carbocycles. The molecule has 1 fully saturated rings. The van der Waals surface area contributed by atoms with Gasteiger partial charge < -0.3 is 9.84 Å².